The molecule has 88 valence electrons. The molecule has 0 bridgehead atoms. The highest BCUT2D eigenvalue weighted by Crippen LogP contribution is 2.12. The van der Waals surface area contributed by atoms with Crippen molar-refractivity contribution in [1.82, 2.24) is 10.5 Å². The van der Waals surface area contributed by atoms with Crippen molar-refractivity contribution in [1.29, 1.82) is 0 Å². The predicted molar refractivity (Wildman–Crippen MR) is 54.5 cm³/mol. The summed E-state index contributed by atoms with van der Waals surface area (Å²) < 4.78 is 5.29. The molecule has 1 unspecified atom stereocenters. The fourth-order valence-corrected chi connectivity index (χ4v) is 1.77. The first-order valence-corrected chi connectivity index (χ1v) is 5.16. The summed E-state index contributed by atoms with van der Waals surface area (Å²) >= 11 is 0. The van der Waals surface area contributed by atoms with Gasteiger partial charge < -0.3 is 14.5 Å². The topological polar surface area (TPSA) is 76.8 Å². The Labute approximate surface area is 89.6 Å². The summed E-state index contributed by atoms with van der Waals surface area (Å²) in [6.07, 6.45) is 2.85. The Bertz CT molecular complexity index is 201. The Balaban J connectivity index is 2.17. The van der Waals surface area contributed by atoms with Gasteiger partial charge in [-0.05, 0) is 19.4 Å². The van der Waals surface area contributed by atoms with E-state index in [1.165, 1.54) is 0 Å². The maximum atomic E-state index is 11.0. The smallest absolute Gasteiger partial charge is 0.327 e. The summed E-state index contributed by atoms with van der Waals surface area (Å²) in [7, 11) is 1.72. The van der Waals surface area contributed by atoms with Gasteiger partial charge in [-0.25, -0.2) is 5.84 Å². The molecule has 1 atom stereocenters. The number of hydrazine groups is 1. The Morgan fingerprint density at radius 3 is 3.13 bits per heavy atom. The molecule has 0 radical (unpaired) electrons. The number of nitrogens with two attached hydrogens (primary N) is 1. The van der Waals surface area contributed by atoms with Crippen LogP contribution in [0.15, 0.2) is 0 Å². The average Bonchev–Trinajstić information content (AvgIpc) is 2.27. The van der Waals surface area contributed by atoms with E-state index in [2.05, 4.69) is 9.74 Å². The van der Waals surface area contributed by atoms with Gasteiger partial charge in [0, 0.05) is 20.2 Å². The molecule has 1 aliphatic rings. The highest BCUT2D eigenvalue weighted by Gasteiger charge is 2.19. The Morgan fingerprint density at radius 1 is 1.67 bits per heavy atom. The number of piperidine rings is 1. The van der Waals surface area contributed by atoms with E-state index in [1.54, 1.807) is 7.11 Å². The summed E-state index contributed by atoms with van der Waals surface area (Å²) in [6.45, 7) is 2.60. The van der Waals surface area contributed by atoms with E-state index < -0.39 is 0 Å². The number of carbonyl (C=O) groups is 1. The number of hydrogen-bond acceptors (Lipinski definition) is 6. The van der Waals surface area contributed by atoms with Crippen molar-refractivity contribution < 1.29 is 14.4 Å². The standard InChI is InChI=1S/C9H19N3O3/c1-14-8-3-2-5-12(7-8)6-4-9(13)15-11-10/h8,11H,2-7,10H2,1H3. The molecule has 1 aliphatic heterocycles. The average molecular weight is 217 g/mol. The lowest BCUT2D eigenvalue weighted by Gasteiger charge is -2.31. The summed E-state index contributed by atoms with van der Waals surface area (Å²) in [5.41, 5.74) is 1.88. The molecule has 0 spiro atoms. The van der Waals surface area contributed by atoms with Gasteiger partial charge in [-0.3, -0.25) is 4.79 Å². The van der Waals surface area contributed by atoms with E-state index in [0.717, 1.165) is 25.9 Å². The second-order valence-corrected chi connectivity index (χ2v) is 3.64. The van der Waals surface area contributed by atoms with Gasteiger partial charge in [0.05, 0.1) is 12.5 Å². The van der Waals surface area contributed by atoms with Crippen molar-refractivity contribution in [2.75, 3.05) is 26.7 Å². The molecule has 0 saturated carbocycles. The molecule has 0 amide bonds. The maximum Gasteiger partial charge on any atom is 0.327 e. The minimum absolute atomic E-state index is 0.294. The molecule has 0 aliphatic carbocycles. The van der Waals surface area contributed by atoms with Crippen LogP contribution in [0.1, 0.15) is 19.3 Å². The quantitative estimate of drug-likeness (QED) is 0.473. The number of nitrogens with zero attached hydrogens (tertiary/aromatic N) is 1. The van der Waals surface area contributed by atoms with Crippen LogP contribution < -0.4 is 11.4 Å². The maximum absolute atomic E-state index is 11.0. The molecule has 15 heavy (non-hydrogen) atoms. The van der Waals surface area contributed by atoms with Crippen LogP contribution in [0.5, 0.6) is 0 Å². The Hall–Kier alpha value is -0.690. The van der Waals surface area contributed by atoms with Crippen LogP contribution in [0.4, 0.5) is 0 Å². The molecule has 3 N–H and O–H groups in total. The zero-order valence-corrected chi connectivity index (χ0v) is 9.07. The van der Waals surface area contributed by atoms with Crippen molar-refractivity contribution in [2.45, 2.75) is 25.4 Å². The lowest BCUT2D eigenvalue weighted by molar-refractivity contribution is -0.151. The van der Waals surface area contributed by atoms with Gasteiger partial charge >= 0.3 is 5.97 Å². The van der Waals surface area contributed by atoms with Crippen molar-refractivity contribution in [3.05, 3.63) is 0 Å². The molecule has 0 aromatic rings. The van der Waals surface area contributed by atoms with Crippen molar-refractivity contribution >= 4 is 5.97 Å². The minimum atomic E-state index is -0.336. The van der Waals surface area contributed by atoms with Crippen LogP contribution in [0.2, 0.25) is 0 Å². The van der Waals surface area contributed by atoms with Crippen LogP contribution >= 0.6 is 0 Å². The van der Waals surface area contributed by atoms with E-state index >= 15 is 0 Å². The number of ether oxygens (including phenoxy) is 1. The van der Waals surface area contributed by atoms with Crippen molar-refractivity contribution in [3.63, 3.8) is 0 Å². The van der Waals surface area contributed by atoms with Crippen LogP contribution in [0.25, 0.3) is 0 Å². The Morgan fingerprint density at radius 2 is 2.47 bits per heavy atom. The van der Waals surface area contributed by atoms with Gasteiger partial charge in [-0.1, -0.05) is 5.59 Å². The van der Waals surface area contributed by atoms with Gasteiger partial charge in [-0.15, -0.1) is 0 Å². The van der Waals surface area contributed by atoms with Gasteiger partial charge in [0.25, 0.3) is 0 Å². The number of carbonyl (C=O) groups excluding carboxylic acids is 1. The molecule has 1 heterocycles. The zero-order valence-electron chi connectivity index (χ0n) is 9.07. The van der Waals surface area contributed by atoms with E-state index in [-0.39, 0.29) is 5.97 Å². The zero-order chi connectivity index (χ0) is 11.1. The largest absolute Gasteiger partial charge is 0.380 e. The van der Waals surface area contributed by atoms with E-state index in [9.17, 15) is 4.79 Å². The summed E-state index contributed by atoms with van der Waals surface area (Å²) in [5.74, 6) is 4.52. The van der Waals surface area contributed by atoms with E-state index in [4.69, 9.17) is 10.6 Å². The predicted octanol–water partition coefficient (Wildman–Crippen LogP) is -0.591. The number of likely N-dealkylation sites (tertiary alicyclic amines) is 1. The number of rotatable bonds is 5. The van der Waals surface area contributed by atoms with Crippen LogP contribution in [-0.4, -0.2) is 43.7 Å². The molecule has 1 saturated heterocycles. The summed E-state index contributed by atoms with van der Waals surface area (Å²) in [4.78, 5) is 17.6. The molecule has 0 aromatic carbocycles. The number of nitrogens with one attached hydrogen (secondary N) is 1. The third-order valence-electron chi connectivity index (χ3n) is 2.60. The van der Waals surface area contributed by atoms with E-state index in [1.807, 2.05) is 5.59 Å². The van der Waals surface area contributed by atoms with Crippen molar-refractivity contribution in [2.24, 2.45) is 5.84 Å². The fourth-order valence-electron chi connectivity index (χ4n) is 1.77. The molecule has 6 heteroatoms. The SMILES string of the molecule is COC1CCCN(CCC(=O)ONN)C1. The van der Waals surface area contributed by atoms with Gasteiger partial charge in [0.15, 0.2) is 0 Å². The second kappa shape index (κ2) is 6.73. The third-order valence-corrected chi connectivity index (χ3v) is 2.60. The fraction of sp³-hybridized carbons (Fsp3) is 0.889. The Kier molecular flexibility index (Phi) is 5.56. The molecule has 1 rings (SSSR count). The van der Waals surface area contributed by atoms with Crippen LogP contribution in [0, 0.1) is 0 Å². The summed E-state index contributed by atoms with van der Waals surface area (Å²) in [6, 6.07) is 0. The summed E-state index contributed by atoms with van der Waals surface area (Å²) in [5, 5.41) is 0. The van der Waals surface area contributed by atoms with E-state index in [0.29, 0.717) is 19.1 Å². The van der Waals surface area contributed by atoms with Gasteiger partial charge in [-0.2, -0.15) is 0 Å². The lowest BCUT2D eigenvalue weighted by Crippen LogP contribution is -2.40. The highest BCUT2D eigenvalue weighted by atomic mass is 16.7. The van der Waals surface area contributed by atoms with Gasteiger partial charge in [0.1, 0.15) is 0 Å². The van der Waals surface area contributed by atoms with Crippen LogP contribution in [-0.2, 0) is 14.4 Å². The molecular weight excluding hydrogens is 198 g/mol. The normalized spacial score (nSPS) is 22.7. The number of methoxy groups -OCH3 is 1. The third kappa shape index (κ3) is 4.57. The lowest BCUT2D eigenvalue weighted by atomic mass is 10.1. The minimum Gasteiger partial charge on any atom is -0.380 e. The molecule has 6 nitrogen and oxygen atoms in total. The molecular formula is C9H19N3O3. The molecule has 0 aromatic heterocycles. The monoisotopic (exact) mass is 217 g/mol. The van der Waals surface area contributed by atoms with Crippen molar-refractivity contribution in [3.8, 4) is 0 Å². The second-order valence-electron chi connectivity index (χ2n) is 3.64. The first kappa shape index (κ1) is 12.4. The van der Waals surface area contributed by atoms with Crippen LogP contribution in [0.3, 0.4) is 0 Å². The highest BCUT2D eigenvalue weighted by molar-refractivity contribution is 5.69. The van der Waals surface area contributed by atoms with Gasteiger partial charge in [0.2, 0.25) is 0 Å². The molecule has 1 fully saturated rings. The first-order chi connectivity index (χ1) is 7.26. The first-order valence-electron chi connectivity index (χ1n) is 5.16. The number of hydrogen-bond donors (Lipinski definition) is 2.